The number of aromatic nitrogens is 1. The van der Waals surface area contributed by atoms with Crippen molar-refractivity contribution in [3.63, 3.8) is 0 Å². The SMILES string of the molecule is CCCn1cc(N)cc1C(=O)N1CC(C)N(C)C(C)C1. The molecule has 1 saturated heterocycles. The summed E-state index contributed by atoms with van der Waals surface area (Å²) >= 11 is 0. The van der Waals surface area contributed by atoms with E-state index < -0.39 is 0 Å². The summed E-state index contributed by atoms with van der Waals surface area (Å²) in [5.41, 5.74) is 7.23. The molecule has 0 aliphatic carbocycles. The number of carbonyl (C=O) groups excluding carboxylic acids is 1. The van der Waals surface area contributed by atoms with Crippen LogP contribution in [0, 0.1) is 0 Å². The van der Waals surface area contributed by atoms with Crippen LogP contribution in [0.3, 0.4) is 0 Å². The van der Waals surface area contributed by atoms with Gasteiger partial charge >= 0.3 is 0 Å². The van der Waals surface area contributed by atoms with E-state index in [0.717, 1.165) is 26.1 Å². The smallest absolute Gasteiger partial charge is 0.270 e. The topological polar surface area (TPSA) is 54.5 Å². The summed E-state index contributed by atoms with van der Waals surface area (Å²) in [6.07, 6.45) is 2.85. The molecule has 5 heteroatoms. The van der Waals surface area contributed by atoms with E-state index in [2.05, 4.69) is 32.7 Å². The molecule has 1 fully saturated rings. The summed E-state index contributed by atoms with van der Waals surface area (Å²) < 4.78 is 1.98. The fourth-order valence-electron chi connectivity index (χ4n) is 2.87. The van der Waals surface area contributed by atoms with Crippen LogP contribution in [0.15, 0.2) is 12.3 Å². The van der Waals surface area contributed by atoms with Crippen molar-refractivity contribution in [2.24, 2.45) is 0 Å². The Morgan fingerprint density at radius 2 is 1.95 bits per heavy atom. The zero-order chi connectivity index (χ0) is 14.9. The lowest BCUT2D eigenvalue weighted by molar-refractivity contribution is 0.0405. The van der Waals surface area contributed by atoms with Crippen LogP contribution in [0.25, 0.3) is 0 Å². The van der Waals surface area contributed by atoms with E-state index in [4.69, 9.17) is 5.73 Å². The van der Waals surface area contributed by atoms with Gasteiger partial charge in [0, 0.05) is 37.9 Å². The van der Waals surface area contributed by atoms with E-state index >= 15 is 0 Å². The summed E-state index contributed by atoms with van der Waals surface area (Å²) in [6, 6.07) is 2.57. The molecule has 1 aromatic heterocycles. The Bertz CT molecular complexity index is 470. The lowest BCUT2D eigenvalue weighted by atomic mass is 10.1. The second kappa shape index (κ2) is 5.87. The molecule has 2 atom stereocenters. The number of amides is 1. The number of piperazine rings is 1. The third kappa shape index (κ3) is 2.82. The van der Waals surface area contributed by atoms with E-state index in [-0.39, 0.29) is 5.91 Å². The first-order valence-electron chi connectivity index (χ1n) is 7.40. The number of anilines is 1. The number of aryl methyl sites for hydroxylation is 1. The third-order valence-corrected chi connectivity index (χ3v) is 4.25. The number of nitrogens with zero attached hydrogens (tertiary/aromatic N) is 3. The van der Waals surface area contributed by atoms with Crippen molar-refractivity contribution in [3.05, 3.63) is 18.0 Å². The van der Waals surface area contributed by atoms with E-state index in [1.54, 1.807) is 6.07 Å². The van der Waals surface area contributed by atoms with Crippen molar-refractivity contribution >= 4 is 11.6 Å². The average Bonchev–Trinajstić information content (AvgIpc) is 2.76. The number of hydrogen-bond acceptors (Lipinski definition) is 3. The average molecular weight is 278 g/mol. The van der Waals surface area contributed by atoms with Gasteiger partial charge < -0.3 is 15.2 Å². The molecule has 112 valence electrons. The van der Waals surface area contributed by atoms with Crippen molar-refractivity contribution in [2.75, 3.05) is 25.9 Å². The molecular weight excluding hydrogens is 252 g/mol. The van der Waals surface area contributed by atoms with Crippen molar-refractivity contribution in [1.29, 1.82) is 0 Å². The highest BCUT2D eigenvalue weighted by Crippen LogP contribution is 2.19. The zero-order valence-corrected chi connectivity index (χ0v) is 13.0. The van der Waals surface area contributed by atoms with Gasteiger partial charge in [0.2, 0.25) is 0 Å². The Balaban J connectivity index is 2.19. The van der Waals surface area contributed by atoms with E-state index in [9.17, 15) is 4.79 Å². The maximum absolute atomic E-state index is 12.7. The van der Waals surface area contributed by atoms with Crippen molar-refractivity contribution in [3.8, 4) is 0 Å². The summed E-state index contributed by atoms with van der Waals surface area (Å²) in [6.45, 7) is 8.81. The van der Waals surface area contributed by atoms with Crippen LogP contribution in [0.5, 0.6) is 0 Å². The molecule has 1 aliphatic heterocycles. The van der Waals surface area contributed by atoms with Gasteiger partial charge in [-0.2, -0.15) is 0 Å². The Morgan fingerprint density at radius 3 is 2.50 bits per heavy atom. The Kier molecular flexibility index (Phi) is 4.38. The summed E-state index contributed by atoms with van der Waals surface area (Å²) in [7, 11) is 2.12. The quantitative estimate of drug-likeness (QED) is 0.914. The molecule has 0 bridgehead atoms. The van der Waals surface area contributed by atoms with Crippen LogP contribution in [0.2, 0.25) is 0 Å². The number of likely N-dealkylation sites (N-methyl/N-ethyl adjacent to an activating group) is 1. The summed E-state index contributed by atoms with van der Waals surface area (Å²) in [5, 5.41) is 0. The number of nitrogen functional groups attached to an aromatic ring is 1. The molecule has 20 heavy (non-hydrogen) atoms. The first kappa shape index (κ1) is 14.9. The first-order chi connectivity index (χ1) is 9.43. The highest BCUT2D eigenvalue weighted by Gasteiger charge is 2.30. The molecule has 1 amide bonds. The van der Waals surface area contributed by atoms with Gasteiger partial charge in [-0.25, -0.2) is 0 Å². The molecule has 2 unspecified atom stereocenters. The van der Waals surface area contributed by atoms with Gasteiger partial charge in [-0.05, 0) is 33.4 Å². The van der Waals surface area contributed by atoms with Gasteiger partial charge in [0.05, 0.1) is 5.69 Å². The zero-order valence-electron chi connectivity index (χ0n) is 13.0. The Labute approximate surface area is 121 Å². The van der Waals surface area contributed by atoms with Crippen molar-refractivity contribution in [1.82, 2.24) is 14.4 Å². The van der Waals surface area contributed by atoms with Crippen LogP contribution in [-0.4, -0.2) is 52.5 Å². The van der Waals surface area contributed by atoms with Crippen LogP contribution in [-0.2, 0) is 6.54 Å². The molecule has 1 aliphatic rings. The number of rotatable bonds is 3. The molecule has 0 spiro atoms. The molecule has 2 heterocycles. The largest absolute Gasteiger partial charge is 0.397 e. The van der Waals surface area contributed by atoms with Crippen LogP contribution in [0.4, 0.5) is 5.69 Å². The molecule has 2 rings (SSSR count). The van der Waals surface area contributed by atoms with Gasteiger partial charge in [-0.3, -0.25) is 9.69 Å². The minimum atomic E-state index is 0.0990. The fourth-order valence-corrected chi connectivity index (χ4v) is 2.87. The number of hydrogen-bond donors (Lipinski definition) is 1. The van der Waals surface area contributed by atoms with E-state index in [1.807, 2.05) is 15.7 Å². The summed E-state index contributed by atoms with van der Waals surface area (Å²) in [4.78, 5) is 17.0. The maximum atomic E-state index is 12.7. The van der Waals surface area contributed by atoms with Crippen LogP contribution in [0.1, 0.15) is 37.7 Å². The number of nitrogens with two attached hydrogens (primary N) is 1. The minimum absolute atomic E-state index is 0.0990. The second-order valence-electron chi connectivity index (χ2n) is 5.93. The highest BCUT2D eigenvalue weighted by molar-refractivity contribution is 5.94. The monoisotopic (exact) mass is 278 g/mol. The molecule has 2 N–H and O–H groups in total. The van der Waals surface area contributed by atoms with Gasteiger partial charge in [0.1, 0.15) is 5.69 Å². The first-order valence-corrected chi connectivity index (χ1v) is 7.40. The second-order valence-corrected chi connectivity index (χ2v) is 5.93. The molecular formula is C15H26N4O. The maximum Gasteiger partial charge on any atom is 0.270 e. The Morgan fingerprint density at radius 1 is 1.35 bits per heavy atom. The van der Waals surface area contributed by atoms with Gasteiger partial charge in [0.15, 0.2) is 0 Å². The Hall–Kier alpha value is -1.49. The van der Waals surface area contributed by atoms with Gasteiger partial charge in [0.25, 0.3) is 5.91 Å². The van der Waals surface area contributed by atoms with Gasteiger partial charge in [-0.15, -0.1) is 0 Å². The molecule has 0 aromatic carbocycles. The van der Waals surface area contributed by atoms with Gasteiger partial charge in [-0.1, -0.05) is 6.92 Å². The van der Waals surface area contributed by atoms with E-state index in [1.165, 1.54) is 0 Å². The number of carbonyl (C=O) groups is 1. The standard InChI is InChI=1S/C15H26N4O/c1-5-6-18-10-13(16)7-14(18)15(20)19-8-11(2)17(4)12(3)9-19/h7,10-12H,5-6,8-9,16H2,1-4H3. The predicted molar refractivity (Wildman–Crippen MR) is 81.7 cm³/mol. The highest BCUT2D eigenvalue weighted by atomic mass is 16.2. The lowest BCUT2D eigenvalue weighted by Gasteiger charge is -2.42. The minimum Gasteiger partial charge on any atom is -0.397 e. The fraction of sp³-hybridized carbons (Fsp3) is 0.667. The third-order valence-electron chi connectivity index (χ3n) is 4.25. The summed E-state index contributed by atoms with van der Waals surface area (Å²) in [5.74, 6) is 0.0990. The normalized spacial score (nSPS) is 24.1. The van der Waals surface area contributed by atoms with Crippen LogP contribution >= 0.6 is 0 Å². The van der Waals surface area contributed by atoms with Crippen molar-refractivity contribution < 1.29 is 4.79 Å². The molecule has 0 saturated carbocycles. The van der Waals surface area contributed by atoms with Crippen molar-refractivity contribution in [2.45, 2.75) is 45.8 Å². The molecule has 5 nitrogen and oxygen atoms in total. The predicted octanol–water partition coefficient (Wildman–Crippen LogP) is 1.64. The molecule has 1 aromatic rings. The van der Waals surface area contributed by atoms with Crippen LogP contribution < -0.4 is 5.73 Å². The van der Waals surface area contributed by atoms with E-state index in [0.29, 0.717) is 23.5 Å². The lowest BCUT2D eigenvalue weighted by Crippen LogP contribution is -2.56. The molecule has 0 radical (unpaired) electrons.